The van der Waals surface area contributed by atoms with Gasteiger partial charge in [0.2, 0.25) is 0 Å². The predicted octanol–water partition coefficient (Wildman–Crippen LogP) is 1.59. The number of para-hydroxylation sites is 1. The minimum Gasteiger partial charge on any atom is -0.469 e. The number of hydrazone groups is 1. The molecule has 98 valence electrons. The molecule has 19 heavy (non-hydrogen) atoms. The van der Waals surface area contributed by atoms with Gasteiger partial charge >= 0.3 is 5.97 Å². The van der Waals surface area contributed by atoms with Crippen LogP contribution in [0.5, 0.6) is 0 Å². The predicted molar refractivity (Wildman–Crippen MR) is 69.6 cm³/mol. The quantitative estimate of drug-likeness (QED) is 0.757. The highest BCUT2D eigenvalue weighted by Gasteiger charge is 2.70. The van der Waals surface area contributed by atoms with Gasteiger partial charge in [-0.1, -0.05) is 18.2 Å². The van der Waals surface area contributed by atoms with Crippen molar-refractivity contribution in [3.63, 3.8) is 0 Å². The van der Waals surface area contributed by atoms with Gasteiger partial charge in [-0.3, -0.25) is 9.59 Å². The second-order valence-electron chi connectivity index (χ2n) is 4.89. The highest BCUT2D eigenvalue weighted by Crippen LogP contribution is 2.58. The van der Waals surface area contributed by atoms with E-state index < -0.39 is 5.41 Å². The Balaban J connectivity index is 1.92. The average molecular weight is 258 g/mol. The number of rotatable bonds is 2. The van der Waals surface area contributed by atoms with E-state index in [1.165, 1.54) is 12.1 Å². The SMILES string of the molecule is COC(=O)C1CC12C(=O)N(c1ccccc1)N=C2C. The number of carbonyl (C=O) groups is 2. The van der Waals surface area contributed by atoms with Gasteiger partial charge in [0.25, 0.3) is 5.91 Å². The number of methoxy groups -OCH3 is 1. The van der Waals surface area contributed by atoms with Gasteiger partial charge < -0.3 is 4.74 Å². The molecule has 2 aliphatic rings. The molecule has 0 bridgehead atoms. The van der Waals surface area contributed by atoms with Gasteiger partial charge in [-0.25, -0.2) is 0 Å². The third-order valence-corrected chi connectivity index (χ3v) is 3.92. The summed E-state index contributed by atoms with van der Waals surface area (Å²) < 4.78 is 4.73. The van der Waals surface area contributed by atoms with E-state index >= 15 is 0 Å². The molecule has 0 saturated heterocycles. The number of hydrogen-bond donors (Lipinski definition) is 0. The van der Waals surface area contributed by atoms with Gasteiger partial charge in [0.15, 0.2) is 0 Å². The van der Waals surface area contributed by atoms with Crippen LogP contribution in [0.4, 0.5) is 5.69 Å². The molecule has 1 aromatic carbocycles. The van der Waals surface area contributed by atoms with Crippen LogP contribution >= 0.6 is 0 Å². The van der Waals surface area contributed by atoms with Crippen LogP contribution in [0.25, 0.3) is 0 Å². The monoisotopic (exact) mass is 258 g/mol. The van der Waals surface area contributed by atoms with Crippen molar-refractivity contribution < 1.29 is 14.3 Å². The van der Waals surface area contributed by atoms with E-state index in [0.29, 0.717) is 12.1 Å². The normalized spacial score (nSPS) is 28.5. The highest BCUT2D eigenvalue weighted by atomic mass is 16.5. The molecule has 2 unspecified atom stereocenters. The van der Waals surface area contributed by atoms with Gasteiger partial charge in [-0.2, -0.15) is 10.1 Å². The van der Waals surface area contributed by atoms with Crippen LogP contribution in [0.2, 0.25) is 0 Å². The molecule has 1 amide bonds. The summed E-state index contributed by atoms with van der Waals surface area (Å²) in [6.45, 7) is 1.80. The van der Waals surface area contributed by atoms with Gasteiger partial charge in [-0.05, 0) is 25.5 Å². The number of nitrogens with zero attached hydrogens (tertiary/aromatic N) is 2. The van der Waals surface area contributed by atoms with Crippen molar-refractivity contribution in [2.75, 3.05) is 12.1 Å². The van der Waals surface area contributed by atoms with Crippen molar-refractivity contribution in [1.82, 2.24) is 0 Å². The maximum Gasteiger partial charge on any atom is 0.310 e. The van der Waals surface area contributed by atoms with Crippen LogP contribution in [0.15, 0.2) is 35.4 Å². The minimum atomic E-state index is -0.761. The number of ether oxygens (including phenoxy) is 1. The zero-order valence-corrected chi connectivity index (χ0v) is 10.8. The third-order valence-electron chi connectivity index (χ3n) is 3.92. The number of amides is 1. The van der Waals surface area contributed by atoms with Gasteiger partial charge in [0.1, 0.15) is 5.41 Å². The summed E-state index contributed by atoms with van der Waals surface area (Å²) in [5.41, 5.74) is 0.652. The van der Waals surface area contributed by atoms with E-state index in [1.54, 1.807) is 6.92 Å². The first-order chi connectivity index (χ1) is 9.11. The van der Waals surface area contributed by atoms with Crippen LogP contribution in [0.3, 0.4) is 0 Å². The Morgan fingerprint density at radius 3 is 2.74 bits per heavy atom. The Morgan fingerprint density at radius 1 is 1.42 bits per heavy atom. The molecule has 5 nitrogen and oxygen atoms in total. The van der Waals surface area contributed by atoms with E-state index in [1.807, 2.05) is 30.3 Å². The summed E-state index contributed by atoms with van der Waals surface area (Å²) >= 11 is 0. The summed E-state index contributed by atoms with van der Waals surface area (Å²) in [5, 5.41) is 5.70. The maximum atomic E-state index is 12.5. The van der Waals surface area contributed by atoms with E-state index in [4.69, 9.17) is 4.74 Å². The Labute approximate surface area is 110 Å². The molecule has 2 atom stereocenters. The first-order valence-electron chi connectivity index (χ1n) is 6.14. The molecule has 1 aliphatic carbocycles. The Hall–Kier alpha value is -2.17. The van der Waals surface area contributed by atoms with Crippen molar-refractivity contribution >= 4 is 23.3 Å². The Bertz CT molecular complexity index is 582. The zero-order valence-electron chi connectivity index (χ0n) is 10.8. The van der Waals surface area contributed by atoms with E-state index in [0.717, 1.165) is 5.69 Å². The second kappa shape index (κ2) is 3.91. The number of hydrogen-bond acceptors (Lipinski definition) is 4. The van der Waals surface area contributed by atoms with Crippen molar-refractivity contribution in [3.05, 3.63) is 30.3 Å². The molecular weight excluding hydrogens is 244 g/mol. The fourth-order valence-electron chi connectivity index (χ4n) is 2.70. The summed E-state index contributed by atoms with van der Waals surface area (Å²) in [6, 6.07) is 9.23. The number of carbonyl (C=O) groups excluding carboxylic acids is 2. The maximum absolute atomic E-state index is 12.5. The van der Waals surface area contributed by atoms with Crippen LogP contribution in [0.1, 0.15) is 13.3 Å². The third kappa shape index (κ3) is 1.51. The second-order valence-corrected chi connectivity index (χ2v) is 4.89. The lowest BCUT2D eigenvalue weighted by Gasteiger charge is -2.13. The van der Waals surface area contributed by atoms with Gasteiger partial charge in [0.05, 0.1) is 24.4 Å². The first kappa shape index (κ1) is 11.9. The van der Waals surface area contributed by atoms with Crippen molar-refractivity contribution in [3.8, 4) is 0 Å². The largest absolute Gasteiger partial charge is 0.469 e. The molecule has 0 aromatic heterocycles. The Morgan fingerprint density at radius 2 is 2.11 bits per heavy atom. The van der Waals surface area contributed by atoms with Gasteiger partial charge in [0, 0.05) is 0 Å². The number of esters is 1. The van der Waals surface area contributed by atoms with E-state index in [2.05, 4.69) is 5.10 Å². The summed E-state index contributed by atoms with van der Waals surface area (Å²) in [4.78, 5) is 24.2. The van der Waals surface area contributed by atoms with Crippen molar-refractivity contribution in [2.45, 2.75) is 13.3 Å². The van der Waals surface area contributed by atoms with Crippen LogP contribution in [0, 0.1) is 11.3 Å². The number of anilines is 1. The standard InChI is InChI=1S/C14H14N2O3/c1-9-14(8-11(14)12(17)19-2)13(18)16(15-9)10-6-4-3-5-7-10/h3-7,11H,8H2,1-2H3. The van der Waals surface area contributed by atoms with Crippen LogP contribution in [-0.2, 0) is 14.3 Å². The minimum absolute atomic E-state index is 0.133. The summed E-state index contributed by atoms with van der Waals surface area (Å²) in [6.07, 6.45) is 0.497. The first-order valence-corrected chi connectivity index (χ1v) is 6.14. The molecule has 1 saturated carbocycles. The van der Waals surface area contributed by atoms with E-state index in [9.17, 15) is 9.59 Å². The molecule has 0 N–H and O–H groups in total. The summed E-state index contributed by atoms with van der Waals surface area (Å²) in [5.74, 6) is -0.855. The van der Waals surface area contributed by atoms with Crippen molar-refractivity contribution in [2.24, 2.45) is 16.4 Å². The molecule has 1 fully saturated rings. The van der Waals surface area contributed by atoms with Crippen LogP contribution < -0.4 is 5.01 Å². The zero-order chi connectivity index (χ0) is 13.6. The molecule has 1 spiro atoms. The Kier molecular flexibility index (Phi) is 2.45. The number of benzene rings is 1. The molecule has 5 heteroatoms. The molecule has 1 heterocycles. The lowest BCUT2D eigenvalue weighted by atomic mass is 9.98. The molecular formula is C14H14N2O3. The highest BCUT2D eigenvalue weighted by molar-refractivity contribution is 6.23. The molecule has 3 rings (SSSR count). The molecule has 1 aromatic rings. The van der Waals surface area contributed by atoms with Crippen LogP contribution in [-0.4, -0.2) is 24.7 Å². The van der Waals surface area contributed by atoms with E-state index in [-0.39, 0.29) is 17.8 Å². The average Bonchev–Trinajstić information content (AvgIpc) is 3.15. The fourth-order valence-corrected chi connectivity index (χ4v) is 2.70. The smallest absolute Gasteiger partial charge is 0.310 e. The van der Waals surface area contributed by atoms with Crippen molar-refractivity contribution in [1.29, 1.82) is 0 Å². The topological polar surface area (TPSA) is 59.0 Å². The summed E-state index contributed by atoms with van der Waals surface area (Å²) in [7, 11) is 1.34. The van der Waals surface area contributed by atoms with Gasteiger partial charge in [-0.15, -0.1) is 0 Å². The molecule has 1 aliphatic heterocycles. The lowest BCUT2D eigenvalue weighted by Crippen LogP contribution is -2.31. The fraction of sp³-hybridized carbons (Fsp3) is 0.357. The lowest BCUT2D eigenvalue weighted by molar-refractivity contribution is -0.143. The molecule has 0 radical (unpaired) electrons.